The lowest BCUT2D eigenvalue weighted by Crippen LogP contribution is -2.33. The number of fused-ring (bicyclic) bond motifs is 1. The molecule has 0 unspecified atom stereocenters. The summed E-state index contributed by atoms with van der Waals surface area (Å²) in [5, 5.41) is 13.6. The van der Waals surface area contributed by atoms with Crippen LogP contribution < -0.4 is 5.32 Å². The summed E-state index contributed by atoms with van der Waals surface area (Å²) >= 11 is 0. The predicted molar refractivity (Wildman–Crippen MR) is 54.8 cm³/mol. The van der Waals surface area contributed by atoms with Gasteiger partial charge in [-0.15, -0.1) is 0 Å². The Kier molecular flexibility index (Phi) is 2.61. The molecule has 1 atom stereocenters. The Balaban J connectivity index is 2.33. The van der Waals surface area contributed by atoms with Crippen LogP contribution in [-0.2, 0) is 4.74 Å². The van der Waals surface area contributed by atoms with Crippen LogP contribution in [0.25, 0.3) is 0 Å². The number of dihydropyridines is 1. The zero-order valence-corrected chi connectivity index (χ0v) is 8.55. The third-order valence-corrected chi connectivity index (χ3v) is 3.05. The van der Waals surface area contributed by atoms with Gasteiger partial charge in [0.1, 0.15) is 0 Å². The molecule has 78 valence electrons. The van der Waals surface area contributed by atoms with Crippen molar-refractivity contribution in [2.45, 2.75) is 25.4 Å². The summed E-state index contributed by atoms with van der Waals surface area (Å²) in [6, 6.07) is 0. The van der Waals surface area contributed by atoms with Crippen LogP contribution in [0.15, 0.2) is 23.4 Å². The van der Waals surface area contributed by atoms with E-state index >= 15 is 0 Å². The minimum absolute atomic E-state index is 0.612. The molecule has 0 spiro atoms. The SMILES string of the molecule is CC[C@]1(O)CCOCC2=CNCC=C21. The molecule has 0 saturated carbocycles. The molecule has 2 aliphatic heterocycles. The van der Waals surface area contributed by atoms with Crippen molar-refractivity contribution in [1.82, 2.24) is 5.32 Å². The van der Waals surface area contributed by atoms with Crippen molar-refractivity contribution in [3.8, 4) is 0 Å². The fourth-order valence-corrected chi connectivity index (χ4v) is 2.09. The first-order valence-corrected chi connectivity index (χ1v) is 5.20. The molecule has 2 N–H and O–H groups in total. The molecule has 0 aromatic rings. The van der Waals surface area contributed by atoms with E-state index in [1.165, 1.54) is 0 Å². The number of aliphatic hydroxyl groups is 1. The maximum absolute atomic E-state index is 10.4. The molecule has 3 nitrogen and oxygen atoms in total. The quantitative estimate of drug-likeness (QED) is 0.655. The molecule has 0 bridgehead atoms. The predicted octanol–water partition coefficient (Wildman–Crippen LogP) is 0.961. The topological polar surface area (TPSA) is 41.5 Å². The Labute approximate surface area is 84.5 Å². The maximum Gasteiger partial charge on any atom is 0.0917 e. The molecule has 0 radical (unpaired) electrons. The molecule has 0 aromatic heterocycles. The van der Waals surface area contributed by atoms with Crippen molar-refractivity contribution in [1.29, 1.82) is 0 Å². The van der Waals surface area contributed by atoms with Gasteiger partial charge in [0.05, 0.1) is 18.8 Å². The van der Waals surface area contributed by atoms with E-state index in [-0.39, 0.29) is 0 Å². The van der Waals surface area contributed by atoms with Gasteiger partial charge >= 0.3 is 0 Å². The number of rotatable bonds is 1. The van der Waals surface area contributed by atoms with Crippen LogP contribution >= 0.6 is 0 Å². The molecule has 2 heterocycles. The van der Waals surface area contributed by atoms with Crippen LogP contribution in [0.4, 0.5) is 0 Å². The van der Waals surface area contributed by atoms with Crippen LogP contribution in [0.5, 0.6) is 0 Å². The van der Waals surface area contributed by atoms with Gasteiger partial charge in [0, 0.05) is 19.2 Å². The summed E-state index contributed by atoms with van der Waals surface area (Å²) in [5.41, 5.74) is 1.49. The second-order valence-corrected chi connectivity index (χ2v) is 3.88. The highest BCUT2D eigenvalue weighted by Gasteiger charge is 2.34. The van der Waals surface area contributed by atoms with Crippen LogP contribution in [0.1, 0.15) is 19.8 Å². The Bertz CT molecular complexity index is 283. The zero-order valence-electron chi connectivity index (χ0n) is 8.55. The lowest BCUT2D eigenvalue weighted by molar-refractivity contribution is 0.0462. The fourth-order valence-electron chi connectivity index (χ4n) is 2.09. The van der Waals surface area contributed by atoms with Gasteiger partial charge in [-0.05, 0) is 17.6 Å². The number of ether oxygens (including phenoxy) is 1. The van der Waals surface area contributed by atoms with Gasteiger partial charge in [0.15, 0.2) is 0 Å². The monoisotopic (exact) mass is 195 g/mol. The molecule has 1 saturated heterocycles. The minimum atomic E-state index is -0.676. The summed E-state index contributed by atoms with van der Waals surface area (Å²) in [5.74, 6) is 0. The molecular formula is C11H17NO2. The van der Waals surface area contributed by atoms with Crippen LogP contribution in [0, 0.1) is 0 Å². The molecule has 0 amide bonds. The van der Waals surface area contributed by atoms with Crippen molar-refractivity contribution in [2.24, 2.45) is 0 Å². The Morgan fingerprint density at radius 3 is 3.29 bits per heavy atom. The molecule has 2 aliphatic rings. The van der Waals surface area contributed by atoms with E-state index in [0.717, 1.165) is 24.1 Å². The van der Waals surface area contributed by atoms with Crippen molar-refractivity contribution < 1.29 is 9.84 Å². The van der Waals surface area contributed by atoms with E-state index in [1.54, 1.807) is 0 Å². The summed E-state index contributed by atoms with van der Waals surface area (Å²) in [7, 11) is 0. The van der Waals surface area contributed by atoms with Gasteiger partial charge in [-0.1, -0.05) is 13.0 Å². The minimum Gasteiger partial charge on any atom is -0.387 e. The van der Waals surface area contributed by atoms with E-state index in [1.807, 2.05) is 13.1 Å². The average Bonchev–Trinajstić information content (AvgIpc) is 2.40. The second kappa shape index (κ2) is 3.75. The summed E-state index contributed by atoms with van der Waals surface area (Å²) in [6.07, 6.45) is 5.49. The van der Waals surface area contributed by atoms with E-state index in [2.05, 4.69) is 11.4 Å². The highest BCUT2D eigenvalue weighted by atomic mass is 16.5. The Morgan fingerprint density at radius 2 is 2.50 bits per heavy atom. The van der Waals surface area contributed by atoms with E-state index in [4.69, 9.17) is 4.74 Å². The van der Waals surface area contributed by atoms with Gasteiger partial charge in [-0.2, -0.15) is 0 Å². The van der Waals surface area contributed by atoms with Crippen molar-refractivity contribution in [2.75, 3.05) is 19.8 Å². The van der Waals surface area contributed by atoms with Gasteiger partial charge in [0.2, 0.25) is 0 Å². The van der Waals surface area contributed by atoms with Gasteiger partial charge < -0.3 is 15.2 Å². The third-order valence-electron chi connectivity index (χ3n) is 3.05. The Morgan fingerprint density at radius 1 is 1.64 bits per heavy atom. The second-order valence-electron chi connectivity index (χ2n) is 3.88. The average molecular weight is 195 g/mol. The number of nitrogens with one attached hydrogen (secondary N) is 1. The van der Waals surface area contributed by atoms with E-state index in [9.17, 15) is 5.11 Å². The normalized spacial score (nSPS) is 32.1. The molecule has 0 aliphatic carbocycles. The maximum atomic E-state index is 10.4. The molecular weight excluding hydrogens is 178 g/mol. The first-order chi connectivity index (χ1) is 6.76. The van der Waals surface area contributed by atoms with Crippen LogP contribution in [-0.4, -0.2) is 30.5 Å². The van der Waals surface area contributed by atoms with E-state index < -0.39 is 5.60 Å². The summed E-state index contributed by atoms with van der Waals surface area (Å²) in [4.78, 5) is 0. The largest absolute Gasteiger partial charge is 0.387 e. The van der Waals surface area contributed by atoms with Crippen molar-refractivity contribution >= 4 is 0 Å². The summed E-state index contributed by atoms with van der Waals surface area (Å²) < 4.78 is 5.45. The first-order valence-electron chi connectivity index (χ1n) is 5.20. The van der Waals surface area contributed by atoms with Crippen LogP contribution in [0.3, 0.4) is 0 Å². The molecule has 2 rings (SSSR count). The fraction of sp³-hybridized carbons (Fsp3) is 0.636. The number of hydrogen-bond acceptors (Lipinski definition) is 3. The van der Waals surface area contributed by atoms with Gasteiger partial charge in [0.25, 0.3) is 0 Å². The summed E-state index contributed by atoms with van der Waals surface area (Å²) in [6.45, 7) is 4.08. The van der Waals surface area contributed by atoms with Crippen molar-refractivity contribution in [3.63, 3.8) is 0 Å². The van der Waals surface area contributed by atoms with Gasteiger partial charge in [-0.25, -0.2) is 0 Å². The van der Waals surface area contributed by atoms with Crippen LogP contribution in [0.2, 0.25) is 0 Å². The lowest BCUT2D eigenvalue weighted by Gasteiger charge is -2.30. The van der Waals surface area contributed by atoms with E-state index in [0.29, 0.717) is 19.6 Å². The zero-order chi connectivity index (χ0) is 10.0. The molecule has 3 heteroatoms. The van der Waals surface area contributed by atoms with Crippen molar-refractivity contribution in [3.05, 3.63) is 23.4 Å². The molecule has 0 aromatic carbocycles. The third kappa shape index (κ3) is 1.57. The highest BCUT2D eigenvalue weighted by molar-refractivity contribution is 5.41. The molecule has 1 fully saturated rings. The standard InChI is InChI=1S/C11H17NO2/c1-2-11(13)4-6-14-8-9-7-12-5-3-10(9)11/h3,7,12-13H,2,4-6,8H2,1H3/t11-/m0/s1. The number of hydrogen-bond donors (Lipinski definition) is 2. The smallest absolute Gasteiger partial charge is 0.0917 e. The highest BCUT2D eigenvalue weighted by Crippen LogP contribution is 2.33. The lowest BCUT2D eigenvalue weighted by atomic mass is 9.83. The Hall–Kier alpha value is -0.800. The van der Waals surface area contributed by atoms with Gasteiger partial charge in [-0.3, -0.25) is 0 Å². The molecule has 14 heavy (non-hydrogen) atoms. The first kappa shape index (κ1) is 9.74.